The van der Waals surface area contributed by atoms with Gasteiger partial charge in [-0.05, 0) is 32.8 Å². The fourth-order valence-electron chi connectivity index (χ4n) is 2.08. The first-order chi connectivity index (χ1) is 10.3. The van der Waals surface area contributed by atoms with Gasteiger partial charge in [-0.15, -0.1) is 0 Å². The molecule has 0 fully saturated rings. The second kappa shape index (κ2) is 8.57. The van der Waals surface area contributed by atoms with Crippen LogP contribution in [0, 0.1) is 5.92 Å². The normalized spacial score (nSPS) is 12.5. The molecule has 0 spiro atoms. The molecule has 4 heteroatoms. The van der Waals surface area contributed by atoms with Crippen LogP contribution in [0.3, 0.4) is 0 Å². The van der Waals surface area contributed by atoms with Crippen molar-refractivity contribution in [3.05, 3.63) is 35.9 Å². The number of hydrogen-bond donors (Lipinski definition) is 0. The lowest BCUT2D eigenvalue weighted by molar-refractivity contribution is -0.162. The molecule has 0 heterocycles. The number of hydrogen-bond acceptors (Lipinski definition) is 4. The van der Waals surface area contributed by atoms with Crippen molar-refractivity contribution in [3.8, 4) is 0 Å². The largest absolute Gasteiger partial charge is 0.461 e. The van der Waals surface area contributed by atoms with Gasteiger partial charge in [0.2, 0.25) is 0 Å². The van der Waals surface area contributed by atoms with Gasteiger partial charge in [-0.25, -0.2) is 0 Å². The average Bonchev–Trinajstić information content (AvgIpc) is 2.43. The summed E-state index contributed by atoms with van der Waals surface area (Å²) in [4.78, 5) is 24.1. The highest BCUT2D eigenvalue weighted by Crippen LogP contribution is 2.18. The molecule has 0 aromatic heterocycles. The molecule has 1 atom stereocenters. The first-order valence-electron chi connectivity index (χ1n) is 7.74. The standard InChI is InChI=1S/C18H26O4/c1-5-9-15(12-16(19)22-18(2,3)4)17(20)21-13-14-10-7-6-8-11-14/h6-8,10-11,15H,5,9,12-13H2,1-4H3/t15-/m0/s1. The lowest BCUT2D eigenvalue weighted by Crippen LogP contribution is -2.28. The quantitative estimate of drug-likeness (QED) is 0.717. The molecule has 122 valence electrons. The summed E-state index contributed by atoms with van der Waals surface area (Å²) in [6.45, 7) is 7.65. The Morgan fingerprint density at radius 2 is 1.77 bits per heavy atom. The van der Waals surface area contributed by atoms with E-state index in [2.05, 4.69) is 0 Å². The molecule has 0 bridgehead atoms. The molecule has 0 N–H and O–H groups in total. The van der Waals surface area contributed by atoms with Gasteiger partial charge >= 0.3 is 11.9 Å². The van der Waals surface area contributed by atoms with Crippen molar-refractivity contribution in [1.29, 1.82) is 0 Å². The highest BCUT2D eigenvalue weighted by molar-refractivity contribution is 5.80. The van der Waals surface area contributed by atoms with Crippen LogP contribution in [0.25, 0.3) is 0 Å². The fourth-order valence-corrected chi connectivity index (χ4v) is 2.08. The monoisotopic (exact) mass is 306 g/mol. The Hall–Kier alpha value is -1.84. The molecule has 0 unspecified atom stereocenters. The van der Waals surface area contributed by atoms with Gasteiger partial charge in [-0.3, -0.25) is 9.59 Å². The minimum absolute atomic E-state index is 0.0682. The van der Waals surface area contributed by atoms with Crippen LogP contribution in [0.5, 0.6) is 0 Å². The van der Waals surface area contributed by atoms with E-state index in [0.717, 1.165) is 12.0 Å². The van der Waals surface area contributed by atoms with E-state index in [-0.39, 0.29) is 25.0 Å². The lowest BCUT2D eigenvalue weighted by Gasteiger charge is -2.21. The Morgan fingerprint density at radius 1 is 1.14 bits per heavy atom. The summed E-state index contributed by atoms with van der Waals surface area (Å²) in [5.74, 6) is -1.14. The molecule has 22 heavy (non-hydrogen) atoms. The Bertz CT molecular complexity index is 474. The zero-order chi connectivity index (χ0) is 16.6. The second-order valence-electron chi connectivity index (χ2n) is 6.37. The molecule has 1 aromatic rings. The van der Waals surface area contributed by atoms with Crippen molar-refractivity contribution >= 4 is 11.9 Å². The van der Waals surface area contributed by atoms with Gasteiger partial charge < -0.3 is 9.47 Å². The maximum absolute atomic E-state index is 12.2. The predicted molar refractivity (Wildman–Crippen MR) is 85.1 cm³/mol. The number of carbonyl (C=O) groups excluding carboxylic acids is 2. The van der Waals surface area contributed by atoms with Crippen molar-refractivity contribution in [1.82, 2.24) is 0 Å². The Balaban J connectivity index is 2.54. The van der Waals surface area contributed by atoms with E-state index in [0.29, 0.717) is 6.42 Å². The number of benzene rings is 1. The van der Waals surface area contributed by atoms with Crippen LogP contribution in [-0.4, -0.2) is 17.5 Å². The van der Waals surface area contributed by atoms with Crippen LogP contribution in [0.15, 0.2) is 30.3 Å². The van der Waals surface area contributed by atoms with E-state index >= 15 is 0 Å². The van der Waals surface area contributed by atoms with Gasteiger partial charge in [0, 0.05) is 0 Å². The number of esters is 2. The SMILES string of the molecule is CCC[C@@H](CC(=O)OC(C)(C)C)C(=O)OCc1ccccc1. The van der Waals surface area contributed by atoms with Gasteiger partial charge in [0.1, 0.15) is 12.2 Å². The minimum Gasteiger partial charge on any atom is -0.461 e. The molecule has 0 radical (unpaired) electrons. The Labute approximate surface area is 132 Å². The molecular weight excluding hydrogens is 280 g/mol. The first-order valence-corrected chi connectivity index (χ1v) is 7.74. The second-order valence-corrected chi connectivity index (χ2v) is 6.37. The summed E-state index contributed by atoms with van der Waals surface area (Å²) in [6, 6.07) is 9.50. The Kier molecular flexibility index (Phi) is 7.09. The van der Waals surface area contributed by atoms with Gasteiger partial charge in [0.25, 0.3) is 0 Å². The van der Waals surface area contributed by atoms with Crippen molar-refractivity contribution in [3.63, 3.8) is 0 Å². The van der Waals surface area contributed by atoms with E-state index < -0.39 is 11.5 Å². The fraction of sp³-hybridized carbons (Fsp3) is 0.556. The Morgan fingerprint density at radius 3 is 2.32 bits per heavy atom. The van der Waals surface area contributed by atoms with E-state index in [9.17, 15) is 9.59 Å². The molecule has 0 aliphatic heterocycles. The lowest BCUT2D eigenvalue weighted by atomic mass is 10.00. The maximum Gasteiger partial charge on any atom is 0.309 e. The smallest absolute Gasteiger partial charge is 0.309 e. The molecule has 1 rings (SSSR count). The summed E-state index contributed by atoms with van der Waals surface area (Å²) < 4.78 is 10.6. The van der Waals surface area contributed by atoms with Gasteiger partial charge in [0.15, 0.2) is 0 Å². The third-order valence-corrected chi connectivity index (χ3v) is 3.03. The van der Waals surface area contributed by atoms with Crippen LogP contribution in [-0.2, 0) is 25.7 Å². The van der Waals surface area contributed by atoms with Gasteiger partial charge in [0.05, 0.1) is 12.3 Å². The zero-order valence-electron chi connectivity index (χ0n) is 13.9. The molecule has 0 amide bonds. The molecular formula is C18H26O4. The van der Waals surface area contributed by atoms with Crippen LogP contribution in [0.1, 0.15) is 52.5 Å². The molecule has 0 saturated carbocycles. The average molecular weight is 306 g/mol. The topological polar surface area (TPSA) is 52.6 Å². The summed E-state index contributed by atoms with van der Waals surface area (Å²) in [6.07, 6.45) is 1.50. The summed E-state index contributed by atoms with van der Waals surface area (Å²) in [5, 5.41) is 0. The highest BCUT2D eigenvalue weighted by Gasteiger charge is 2.26. The third kappa shape index (κ3) is 7.25. The van der Waals surface area contributed by atoms with Crippen molar-refractivity contribution in [2.75, 3.05) is 0 Å². The van der Waals surface area contributed by atoms with Crippen molar-refractivity contribution in [2.24, 2.45) is 5.92 Å². The van der Waals surface area contributed by atoms with Crippen LogP contribution in [0.4, 0.5) is 0 Å². The van der Waals surface area contributed by atoms with E-state index in [1.807, 2.05) is 58.0 Å². The van der Waals surface area contributed by atoms with Crippen LogP contribution >= 0.6 is 0 Å². The summed E-state index contributed by atoms with van der Waals surface area (Å²) in [7, 11) is 0. The van der Waals surface area contributed by atoms with Crippen molar-refractivity contribution < 1.29 is 19.1 Å². The van der Waals surface area contributed by atoms with Crippen molar-refractivity contribution in [2.45, 2.75) is 59.2 Å². The maximum atomic E-state index is 12.2. The van der Waals surface area contributed by atoms with Crippen LogP contribution < -0.4 is 0 Å². The first kappa shape index (κ1) is 18.2. The summed E-state index contributed by atoms with van der Waals surface area (Å²) in [5.41, 5.74) is 0.394. The predicted octanol–water partition coefficient (Wildman–Crippen LogP) is 3.88. The zero-order valence-corrected chi connectivity index (χ0v) is 13.9. The van der Waals surface area contributed by atoms with E-state index in [4.69, 9.17) is 9.47 Å². The number of ether oxygens (including phenoxy) is 2. The number of carbonyl (C=O) groups is 2. The molecule has 4 nitrogen and oxygen atoms in total. The molecule has 0 saturated heterocycles. The molecule has 1 aromatic carbocycles. The van der Waals surface area contributed by atoms with E-state index in [1.54, 1.807) is 0 Å². The minimum atomic E-state index is -0.540. The van der Waals surface area contributed by atoms with Crippen LogP contribution in [0.2, 0.25) is 0 Å². The number of rotatable bonds is 7. The molecule has 0 aliphatic rings. The van der Waals surface area contributed by atoms with Gasteiger partial charge in [-0.1, -0.05) is 43.7 Å². The summed E-state index contributed by atoms with van der Waals surface area (Å²) >= 11 is 0. The van der Waals surface area contributed by atoms with E-state index in [1.165, 1.54) is 0 Å². The van der Waals surface area contributed by atoms with Gasteiger partial charge in [-0.2, -0.15) is 0 Å². The molecule has 0 aliphatic carbocycles. The third-order valence-electron chi connectivity index (χ3n) is 3.03. The highest BCUT2D eigenvalue weighted by atomic mass is 16.6.